The molecule has 7 nitrogen and oxygen atoms in total. The van der Waals surface area contributed by atoms with E-state index in [4.69, 9.17) is 9.47 Å². The van der Waals surface area contributed by atoms with Crippen molar-refractivity contribution in [3.8, 4) is 0 Å². The molecule has 8 atom stereocenters. The first-order chi connectivity index (χ1) is 18.3. The molecule has 3 unspecified atom stereocenters. The summed E-state index contributed by atoms with van der Waals surface area (Å²) in [6, 6.07) is 0. The van der Waals surface area contributed by atoms with E-state index in [1.165, 1.54) is 6.42 Å². The number of fused-ring (bicyclic) bond motifs is 5. The Kier molecular flexibility index (Phi) is 11.2. The van der Waals surface area contributed by atoms with Crippen molar-refractivity contribution in [1.82, 2.24) is 0 Å². The molecule has 0 aliphatic heterocycles. The Balaban J connectivity index is 0.000000686. The number of carbonyl (C=O) groups is 3. The van der Waals surface area contributed by atoms with Gasteiger partial charge >= 0.3 is 6.16 Å². The average molecular weight is 549 g/mol. The molecule has 0 bridgehead atoms. The maximum atomic E-state index is 13.2. The summed E-state index contributed by atoms with van der Waals surface area (Å²) in [7, 11) is 0. The standard InChI is InChI=1S/C25H34O7.C5H12.C2H6/c1-5-31-22(29)32-13-20(28)25(30)14(2)10-18-17-7-6-15-11-16(26)8-9-23(15,3)21(17)19(27)12-24(18,25)4;1-4-5(2)3;1-2/h8-9,11,14,17-19,21,27,30H,5-7,10,12-13H2,1-4H3;5H,4H2,1-3H3;1-2H3/t14-,17?,18?,19+,21?,23-,24-,25-;;/m0../s1. The third-order valence-electron chi connectivity index (χ3n) is 9.90. The number of rotatable bonds is 5. The largest absolute Gasteiger partial charge is 0.508 e. The summed E-state index contributed by atoms with van der Waals surface area (Å²) in [5, 5.41) is 23.2. The second-order valence-electron chi connectivity index (χ2n) is 12.3. The predicted octanol–water partition coefficient (Wildman–Crippen LogP) is 6.06. The topological polar surface area (TPSA) is 110 Å². The Bertz CT molecular complexity index is 952. The first kappa shape index (κ1) is 33.2. The molecule has 4 aliphatic rings. The molecule has 2 N–H and O–H groups in total. The molecule has 0 amide bonds. The number of aliphatic hydroxyl groups excluding tert-OH is 1. The summed E-state index contributed by atoms with van der Waals surface area (Å²) >= 11 is 0. The van der Waals surface area contributed by atoms with Crippen LogP contribution in [0.15, 0.2) is 23.8 Å². The van der Waals surface area contributed by atoms with Crippen LogP contribution in [-0.2, 0) is 19.1 Å². The van der Waals surface area contributed by atoms with Gasteiger partial charge < -0.3 is 19.7 Å². The Morgan fingerprint density at radius 3 is 2.33 bits per heavy atom. The van der Waals surface area contributed by atoms with Crippen LogP contribution in [0.1, 0.15) is 94.4 Å². The van der Waals surface area contributed by atoms with E-state index in [2.05, 4.69) is 27.7 Å². The Labute approximate surface area is 235 Å². The Morgan fingerprint density at radius 1 is 1.15 bits per heavy atom. The molecule has 7 heteroatoms. The fourth-order valence-electron chi connectivity index (χ4n) is 7.65. The zero-order valence-electron chi connectivity index (χ0n) is 25.6. The average Bonchev–Trinajstić information content (AvgIpc) is 3.10. The van der Waals surface area contributed by atoms with E-state index >= 15 is 0 Å². The fraction of sp³-hybridized carbons (Fsp3) is 0.781. The van der Waals surface area contributed by atoms with Crippen molar-refractivity contribution in [2.45, 2.75) is 106 Å². The number of Topliss-reactive ketones (excluding diaryl/α,β-unsaturated/α-hetero) is 1. The lowest BCUT2D eigenvalue weighted by atomic mass is 9.46. The molecule has 0 aromatic rings. The Morgan fingerprint density at radius 2 is 1.77 bits per heavy atom. The van der Waals surface area contributed by atoms with Gasteiger partial charge in [-0.3, -0.25) is 9.59 Å². The molecule has 4 rings (SSSR count). The van der Waals surface area contributed by atoms with Gasteiger partial charge in [0.25, 0.3) is 0 Å². The molecule has 0 aromatic heterocycles. The number of hydrogen-bond acceptors (Lipinski definition) is 7. The summed E-state index contributed by atoms with van der Waals surface area (Å²) in [5.41, 5.74) is -1.88. The van der Waals surface area contributed by atoms with Crippen molar-refractivity contribution in [3.63, 3.8) is 0 Å². The molecule has 0 heterocycles. The number of carbonyl (C=O) groups excluding carboxylic acids is 3. The van der Waals surface area contributed by atoms with Crippen molar-refractivity contribution in [2.75, 3.05) is 13.2 Å². The summed E-state index contributed by atoms with van der Waals surface area (Å²) in [4.78, 5) is 36.8. The normalized spacial score (nSPS) is 38.1. The highest BCUT2D eigenvalue weighted by atomic mass is 16.7. The van der Waals surface area contributed by atoms with Crippen LogP contribution in [0, 0.1) is 40.4 Å². The van der Waals surface area contributed by atoms with Gasteiger partial charge in [-0.25, -0.2) is 4.79 Å². The van der Waals surface area contributed by atoms with Crippen LogP contribution in [0.25, 0.3) is 0 Å². The van der Waals surface area contributed by atoms with Gasteiger partial charge in [-0.05, 0) is 68.4 Å². The quantitative estimate of drug-likeness (QED) is 0.402. The Hall–Kier alpha value is -1.99. The van der Waals surface area contributed by atoms with Crippen molar-refractivity contribution < 1.29 is 34.1 Å². The minimum atomic E-state index is -1.70. The van der Waals surface area contributed by atoms with Gasteiger partial charge in [0.15, 0.2) is 12.4 Å². The second kappa shape index (κ2) is 13.1. The SMILES string of the molecule is CC.CCC(C)C.CCOC(=O)OCC(=O)[C@@]1(O)[C@@H](C)CC2C3CCC4=CC(=O)C=C[C@]4(C)C3[C@H](O)C[C@@]21C. The highest BCUT2D eigenvalue weighted by Crippen LogP contribution is 2.68. The van der Waals surface area contributed by atoms with Crippen LogP contribution in [0.5, 0.6) is 0 Å². The fourth-order valence-corrected chi connectivity index (χ4v) is 7.65. The third kappa shape index (κ3) is 6.04. The van der Waals surface area contributed by atoms with E-state index in [1.54, 1.807) is 19.1 Å². The van der Waals surface area contributed by atoms with Crippen LogP contribution in [0.2, 0.25) is 0 Å². The number of aliphatic hydroxyl groups is 2. The molecule has 0 spiro atoms. The zero-order chi connectivity index (χ0) is 29.8. The van der Waals surface area contributed by atoms with Gasteiger partial charge in [0.2, 0.25) is 5.78 Å². The first-order valence-electron chi connectivity index (χ1n) is 14.9. The van der Waals surface area contributed by atoms with Crippen molar-refractivity contribution >= 4 is 17.7 Å². The third-order valence-corrected chi connectivity index (χ3v) is 9.90. The number of hydrogen-bond donors (Lipinski definition) is 2. The highest BCUT2D eigenvalue weighted by molar-refractivity contribution is 6.01. The monoisotopic (exact) mass is 548 g/mol. The van der Waals surface area contributed by atoms with Crippen LogP contribution < -0.4 is 0 Å². The number of allylic oxidation sites excluding steroid dienone is 4. The van der Waals surface area contributed by atoms with Crippen LogP contribution in [0.3, 0.4) is 0 Å². The predicted molar refractivity (Wildman–Crippen MR) is 152 cm³/mol. The maximum absolute atomic E-state index is 13.2. The van der Waals surface area contributed by atoms with E-state index in [0.717, 1.165) is 24.3 Å². The molecular formula is C32H52O7. The van der Waals surface area contributed by atoms with Gasteiger partial charge in [0, 0.05) is 16.7 Å². The van der Waals surface area contributed by atoms with Gasteiger partial charge in [0.05, 0.1) is 12.7 Å². The minimum Gasteiger partial charge on any atom is -0.435 e. The molecular weight excluding hydrogens is 496 g/mol. The van der Waals surface area contributed by atoms with E-state index in [-0.39, 0.29) is 42.5 Å². The smallest absolute Gasteiger partial charge is 0.435 e. The molecule has 0 aromatic carbocycles. The second-order valence-corrected chi connectivity index (χ2v) is 12.3. The molecule has 0 radical (unpaired) electrons. The van der Waals surface area contributed by atoms with Crippen LogP contribution >= 0.6 is 0 Å². The molecule has 39 heavy (non-hydrogen) atoms. The summed E-state index contributed by atoms with van der Waals surface area (Å²) in [6.45, 7) is 17.7. The number of ether oxygens (including phenoxy) is 2. The lowest BCUT2D eigenvalue weighted by Gasteiger charge is -2.59. The van der Waals surface area contributed by atoms with Gasteiger partial charge in [-0.1, -0.05) is 73.5 Å². The van der Waals surface area contributed by atoms with E-state index in [1.807, 2.05) is 33.8 Å². The van der Waals surface area contributed by atoms with Crippen LogP contribution in [-0.4, -0.2) is 52.9 Å². The van der Waals surface area contributed by atoms with Crippen molar-refractivity contribution in [3.05, 3.63) is 23.8 Å². The van der Waals surface area contributed by atoms with E-state index in [9.17, 15) is 24.6 Å². The van der Waals surface area contributed by atoms with Gasteiger partial charge in [0.1, 0.15) is 5.60 Å². The molecule has 222 valence electrons. The first-order valence-corrected chi connectivity index (χ1v) is 14.9. The summed E-state index contributed by atoms with van der Waals surface area (Å²) in [6.07, 6.45) is 7.38. The molecule has 0 saturated heterocycles. The van der Waals surface area contributed by atoms with Crippen molar-refractivity contribution in [1.29, 1.82) is 0 Å². The van der Waals surface area contributed by atoms with Crippen molar-refractivity contribution in [2.24, 2.45) is 40.4 Å². The zero-order valence-corrected chi connectivity index (χ0v) is 25.6. The van der Waals surface area contributed by atoms with Gasteiger partial charge in [-0.15, -0.1) is 0 Å². The minimum absolute atomic E-state index is 0.0119. The molecule has 3 fully saturated rings. The molecule has 3 saturated carbocycles. The van der Waals surface area contributed by atoms with Gasteiger partial charge in [-0.2, -0.15) is 0 Å². The maximum Gasteiger partial charge on any atom is 0.508 e. The summed E-state index contributed by atoms with van der Waals surface area (Å²) < 4.78 is 9.68. The number of ketones is 2. The van der Waals surface area contributed by atoms with E-state index < -0.39 is 41.1 Å². The highest BCUT2D eigenvalue weighted by Gasteiger charge is 2.70. The lowest BCUT2D eigenvalue weighted by Crippen LogP contribution is -2.62. The lowest BCUT2D eigenvalue weighted by molar-refractivity contribution is -0.184. The van der Waals surface area contributed by atoms with Crippen LogP contribution in [0.4, 0.5) is 4.79 Å². The summed E-state index contributed by atoms with van der Waals surface area (Å²) in [5.74, 6) is 0.0581. The molecule has 4 aliphatic carbocycles. The van der Waals surface area contributed by atoms with E-state index in [0.29, 0.717) is 6.42 Å².